The number of halogens is 1. The van der Waals surface area contributed by atoms with Gasteiger partial charge >= 0.3 is 5.97 Å². The molecule has 0 fully saturated rings. The molecule has 1 heterocycles. The van der Waals surface area contributed by atoms with Crippen LogP contribution < -0.4 is 5.32 Å². The zero-order valence-corrected chi connectivity index (χ0v) is 13.5. The minimum absolute atomic E-state index is 0.255. The molecule has 1 amide bonds. The molecule has 1 N–H and O–H groups in total. The van der Waals surface area contributed by atoms with Crippen LogP contribution in [0.2, 0.25) is 0 Å². The van der Waals surface area contributed by atoms with Crippen LogP contribution in [0.1, 0.15) is 16.1 Å². The van der Waals surface area contributed by atoms with E-state index in [1.165, 1.54) is 13.3 Å². The van der Waals surface area contributed by atoms with Crippen LogP contribution in [0.5, 0.6) is 0 Å². The predicted octanol–water partition coefficient (Wildman–Crippen LogP) is 2.36. The first-order chi connectivity index (χ1) is 10.6. The van der Waals surface area contributed by atoms with Crippen LogP contribution in [0, 0.1) is 0 Å². The average molecular weight is 363 g/mol. The standard InChI is InChI=1S/C16H15BrN2O3/c1-22-16(21)14(10-11-5-4-6-12(17)9-11)19-15(20)13-7-2-3-8-18-13/h2-9,14H,10H2,1H3,(H,19,20)/t14-/m1/s1. The van der Waals surface area contributed by atoms with Crippen LogP contribution in [0.15, 0.2) is 53.1 Å². The van der Waals surface area contributed by atoms with Crippen LogP contribution in [0.4, 0.5) is 0 Å². The minimum atomic E-state index is -0.770. The second kappa shape index (κ2) is 7.70. The van der Waals surface area contributed by atoms with Gasteiger partial charge in [0, 0.05) is 17.1 Å². The van der Waals surface area contributed by atoms with Crippen molar-refractivity contribution in [1.29, 1.82) is 0 Å². The van der Waals surface area contributed by atoms with Crippen molar-refractivity contribution in [3.8, 4) is 0 Å². The fraction of sp³-hybridized carbons (Fsp3) is 0.188. The van der Waals surface area contributed by atoms with Gasteiger partial charge in [-0.3, -0.25) is 9.78 Å². The fourth-order valence-corrected chi connectivity index (χ4v) is 2.41. The zero-order valence-electron chi connectivity index (χ0n) is 12.0. The number of carbonyl (C=O) groups is 2. The average Bonchev–Trinajstić information content (AvgIpc) is 2.54. The van der Waals surface area contributed by atoms with Crippen molar-refractivity contribution in [2.24, 2.45) is 0 Å². The Bertz CT molecular complexity index is 661. The number of nitrogens with one attached hydrogen (secondary N) is 1. The third-order valence-corrected chi connectivity index (χ3v) is 3.51. The predicted molar refractivity (Wildman–Crippen MR) is 85.4 cm³/mol. The number of nitrogens with zero attached hydrogens (tertiary/aromatic N) is 1. The molecule has 0 spiro atoms. The molecule has 0 saturated carbocycles. The number of esters is 1. The molecule has 1 atom stereocenters. The van der Waals surface area contributed by atoms with Crippen molar-refractivity contribution in [2.45, 2.75) is 12.5 Å². The summed E-state index contributed by atoms with van der Waals surface area (Å²) in [5.74, 6) is -0.907. The van der Waals surface area contributed by atoms with Gasteiger partial charge in [-0.25, -0.2) is 4.79 Å². The van der Waals surface area contributed by atoms with E-state index in [1.54, 1.807) is 18.2 Å². The summed E-state index contributed by atoms with van der Waals surface area (Å²) in [6, 6.07) is 11.8. The molecule has 0 aliphatic rings. The Kier molecular flexibility index (Phi) is 5.66. The highest BCUT2D eigenvalue weighted by Gasteiger charge is 2.23. The second-order valence-electron chi connectivity index (χ2n) is 4.60. The van der Waals surface area contributed by atoms with Crippen LogP contribution in [0.3, 0.4) is 0 Å². The lowest BCUT2D eigenvalue weighted by molar-refractivity contribution is -0.142. The first kappa shape index (κ1) is 16.2. The number of hydrogen-bond donors (Lipinski definition) is 1. The number of hydrogen-bond acceptors (Lipinski definition) is 4. The van der Waals surface area contributed by atoms with Crippen molar-refractivity contribution in [3.05, 3.63) is 64.4 Å². The Morgan fingerprint density at radius 2 is 2.09 bits per heavy atom. The molecular formula is C16H15BrN2O3. The Morgan fingerprint density at radius 1 is 1.27 bits per heavy atom. The summed E-state index contributed by atoms with van der Waals surface area (Å²) >= 11 is 3.38. The van der Waals surface area contributed by atoms with Gasteiger partial charge in [-0.2, -0.15) is 0 Å². The Morgan fingerprint density at radius 3 is 2.73 bits per heavy atom. The number of benzene rings is 1. The van der Waals surface area contributed by atoms with Gasteiger partial charge in [0.1, 0.15) is 11.7 Å². The molecule has 0 saturated heterocycles. The molecule has 22 heavy (non-hydrogen) atoms. The summed E-state index contributed by atoms with van der Waals surface area (Å²) in [4.78, 5) is 28.0. The van der Waals surface area contributed by atoms with Crippen LogP contribution in [-0.2, 0) is 16.0 Å². The molecular weight excluding hydrogens is 348 g/mol. The van der Waals surface area contributed by atoms with Gasteiger partial charge in [-0.05, 0) is 29.8 Å². The molecule has 2 aromatic rings. The number of rotatable bonds is 5. The van der Waals surface area contributed by atoms with Gasteiger partial charge in [0.05, 0.1) is 7.11 Å². The number of ether oxygens (including phenoxy) is 1. The van der Waals surface area contributed by atoms with Crippen LogP contribution >= 0.6 is 15.9 Å². The van der Waals surface area contributed by atoms with Crippen LogP contribution in [0.25, 0.3) is 0 Å². The van der Waals surface area contributed by atoms with Gasteiger partial charge in [0.25, 0.3) is 5.91 Å². The Labute approximate surface area is 136 Å². The monoisotopic (exact) mass is 362 g/mol. The summed E-state index contributed by atoms with van der Waals surface area (Å²) in [6.07, 6.45) is 1.86. The number of amides is 1. The van der Waals surface area contributed by atoms with Crippen molar-refractivity contribution in [2.75, 3.05) is 7.11 Å². The van der Waals surface area contributed by atoms with Crippen molar-refractivity contribution < 1.29 is 14.3 Å². The number of methoxy groups -OCH3 is 1. The maximum absolute atomic E-state index is 12.1. The van der Waals surface area contributed by atoms with Gasteiger partial charge in [-0.1, -0.05) is 34.1 Å². The Balaban J connectivity index is 2.13. The molecule has 0 bridgehead atoms. The fourth-order valence-electron chi connectivity index (χ4n) is 1.96. The quantitative estimate of drug-likeness (QED) is 0.829. The van der Waals surface area contributed by atoms with E-state index in [1.807, 2.05) is 24.3 Å². The summed E-state index contributed by atoms with van der Waals surface area (Å²) in [5, 5.41) is 2.66. The highest BCUT2D eigenvalue weighted by atomic mass is 79.9. The number of aromatic nitrogens is 1. The van der Waals surface area contributed by atoms with Crippen molar-refractivity contribution in [3.63, 3.8) is 0 Å². The van der Waals surface area contributed by atoms with Gasteiger partial charge < -0.3 is 10.1 Å². The van der Waals surface area contributed by atoms with E-state index in [0.717, 1.165) is 10.0 Å². The third-order valence-electron chi connectivity index (χ3n) is 3.02. The highest BCUT2D eigenvalue weighted by Crippen LogP contribution is 2.13. The van der Waals surface area contributed by atoms with Crippen molar-refractivity contribution >= 4 is 27.8 Å². The molecule has 1 aromatic carbocycles. The largest absolute Gasteiger partial charge is 0.467 e. The topological polar surface area (TPSA) is 68.3 Å². The molecule has 0 aliphatic carbocycles. The third kappa shape index (κ3) is 4.39. The van der Waals surface area contributed by atoms with Crippen LogP contribution in [-0.4, -0.2) is 30.0 Å². The normalized spacial score (nSPS) is 11.5. The molecule has 0 unspecified atom stereocenters. The number of carbonyl (C=O) groups excluding carboxylic acids is 2. The van der Waals surface area contributed by atoms with Crippen molar-refractivity contribution in [1.82, 2.24) is 10.3 Å². The lowest BCUT2D eigenvalue weighted by atomic mass is 10.1. The van der Waals surface area contributed by atoms with E-state index in [2.05, 4.69) is 26.2 Å². The van der Waals surface area contributed by atoms with E-state index in [0.29, 0.717) is 6.42 Å². The molecule has 6 heteroatoms. The zero-order chi connectivity index (χ0) is 15.9. The Hall–Kier alpha value is -2.21. The molecule has 0 aliphatic heterocycles. The molecule has 2 rings (SSSR count). The van der Waals surface area contributed by atoms with E-state index in [9.17, 15) is 9.59 Å². The lowest BCUT2D eigenvalue weighted by Crippen LogP contribution is -2.43. The first-order valence-electron chi connectivity index (χ1n) is 6.64. The minimum Gasteiger partial charge on any atom is -0.467 e. The molecule has 1 aromatic heterocycles. The summed E-state index contributed by atoms with van der Waals surface area (Å²) < 4.78 is 5.67. The van der Waals surface area contributed by atoms with E-state index < -0.39 is 17.9 Å². The number of pyridine rings is 1. The maximum atomic E-state index is 12.1. The van der Waals surface area contributed by atoms with E-state index in [-0.39, 0.29) is 5.69 Å². The van der Waals surface area contributed by atoms with Gasteiger partial charge in [0.2, 0.25) is 0 Å². The molecule has 114 valence electrons. The molecule has 0 radical (unpaired) electrons. The maximum Gasteiger partial charge on any atom is 0.328 e. The SMILES string of the molecule is COC(=O)[C@@H](Cc1cccc(Br)c1)NC(=O)c1ccccn1. The summed E-state index contributed by atoms with van der Waals surface area (Å²) in [7, 11) is 1.29. The van der Waals surface area contributed by atoms with Gasteiger partial charge in [0.15, 0.2) is 0 Å². The van der Waals surface area contributed by atoms with Gasteiger partial charge in [-0.15, -0.1) is 0 Å². The summed E-state index contributed by atoms with van der Waals surface area (Å²) in [5.41, 5.74) is 1.16. The smallest absolute Gasteiger partial charge is 0.328 e. The van der Waals surface area contributed by atoms with E-state index in [4.69, 9.17) is 4.74 Å². The van der Waals surface area contributed by atoms with E-state index >= 15 is 0 Å². The highest BCUT2D eigenvalue weighted by molar-refractivity contribution is 9.10. The lowest BCUT2D eigenvalue weighted by Gasteiger charge is -2.16. The first-order valence-corrected chi connectivity index (χ1v) is 7.43. The summed E-state index contributed by atoms with van der Waals surface area (Å²) in [6.45, 7) is 0. The molecule has 5 nitrogen and oxygen atoms in total. The second-order valence-corrected chi connectivity index (χ2v) is 5.51.